The molecule has 0 bridgehead atoms. The Morgan fingerprint density at radius 2 is 2.15 bits per heavy atom. The topological polar surface area (TPSA) is 65.6 Å². The van der Waals surface area contributed by atoms with Crippen LogP contribution >= 0.6 is 0 Å². The Kier molecular flexibility index (Phi) is 4.05. The predicted molar refractivity (Wildman–Crippen MR) is 74.2 cm³/mol. The fourth-order valence-corrected chi connectivity index (χ4v) is 2.86. The molecular formula is C14H24N4O2. The number of likely N-dealkylation sites (N-methyl/N-ethyl adjacent to an activating group) is 2. The Hall–Kier alpha value is -0.980. The summed E-state index contributed by atoms with van der Waals surface area (Å²) in [7, 11) is 4.24. The highest BCUT2D eigenvalue weighted by molar-refractivity contribution is 4.99. The van der Waals surface area contributed by atoms with Crippen molar-refractivity contribution in [3.63, 3.8) is 0 Å². The van der Waals surface area contributed by atoms with E-state index in [1.54, 1.807) is 0 Å². The Balaban J connectivity index is 1.67. The summed E-state index contributed by atoms with van der Waals surface area (Å²) < 4.78 is 5.32. The largest absolute Gasteiger partial charge is 0.392 e. The summed E-state index contributed by atoms with van der Waals surface area (Å²) >= 11 is 0. The summed E-state index contributed by atoms with van der Waals surface area (Å²) in [6, 6.07) is 0.179. The molecule has 2 aliphatic rings. The van der Waals surface area contributed by atoms with Crippen LogP contribution in [0.2, 0.25) is 0 Å². The molecular weight excluding hydrogens is 256 g/mol. The van der Waals surface area contributed by atoms with Crippen LogP contribution in [-0.4, -0.2) is 64.9 Å². The molecule has 1 N–H and O–H groups in total. The molecule has 0 spiro atoms. The molecule has 2 atom stereocenters. The van der Waals surface area contributed by atoms with Gasteiger partial charge in [-0.05, 0) is 52.4 Å². The molecule has 2 fully saturated rings. The van der Waals surface area contributed by atoms with E-state index in [-0.39, 0.29) is 12.1 Å². The first kappa shape index (κ1) is 14.0. The molecule has 2 unspecified atom stereocenters. The van der Waals surface area contributed by atoms with E-state index in [2.05, 4.69) is 34.0 Å². The summed E-state index contributed by atoms with van der Waals surface area (Å²) in [4.78, 5) is 9.10. The van der Waals surface area contributed by atoms with Gasteiger partial charge in [0.15, 0.2) is 5.82 Å². The van der Waals surface area contributed by atoms with Gasteiger partial charge in [-0.1, -0.05) is 5.16 Å². The highest BCUT2D eigenvalue weighted by atomic mass is 16.5. The van der Waals surface area contributed by atoms with Crippen LogP contribution < -0.4 is 0 Å². The third kappa shape index (κ3) is 3.19. The van der Waals surface area contributed by atoms with E-state index >= 15 is 0 Å². The van der Waals surface area contributed by atoms with Crippen molar-refractivity contribution in [2.45, 2.75) is 37.8 Å². The first-order chi connectivity index (χ1) is 9.63. The summed E-state index contributed by atoms with van der Waals surface area (Å²) in [6.45, 7) is 3.07. The molecule has 1 saturated heterocycles. The molecule has 6 nitrogen and oxygen atoms in total. The molecule has 0 amide bonds. The lowest BCUT2D eigenvalue weighted by Crippen LogP contribution is -2.31. The van der Waals surface area contributed by atoms with Gasteiger partial charge in [0.2, 0.25) is 5.89 Å². The van der Waals surface area contributed by atoms with Gasteiger partial charge in [0.1, 0.15) is 0 Å². The van der Waals surface area contributed by atoms with Crippen molar-refractivity contribution in [1.29, 1.82) is 0 Å². The van der Waals surface area contributed by atoms with Crippen molar-refractivity contribution in [3.8, 4) is 0 Å². The summed E-state index contributed by atoms with van der Waals surface area (Å²) in [5, 5.41) is 14.1. The van der Waals surface area contributed by atoms with Gasteiger partial charge in [-0.15, -0.1) is 0 Å². The molecule has 0 radical (unpaired) electrons. The van der Waals surface area contributed by atoms with Gasteiger partial charge < -0.3 is 14.5 Å². The first-order valence-corrected chi connectivity index (χ1v) is 7.53. The number of rotatable bonds is 4. The monoisotopic (exact) mass is 280 g/mol. The molecule has 112 valence electrons. The number of aliphatic hydroxyl groups excluding tert-OH is 1. The van der Waals surface area contributed by atoms with Gasteiger partial charge in [-0.25, -0.2) is 0 Å². The average molecular weight is 280 g/mol. The molecule has 6 heteroatoms. The smallest absolute Gasteiger partial charge is 0.229 e. The number of nitrogens with zero attached hydrogens (tertiary/aromatic N) is 4. The van der Waals surface area contributed by atoms with Crippen LogP contribution in [0.3, 0.4) is 0 Å². The van der Waals surface area contributed by atoms with Gasteiger partial charge in [0.25, 0.3) is 0 Å². The maximum absolute atomic E-state index is 9.95. The van der Waals surface area contributed by atoms with Gasteiger partial charge >= 0.3 is 0 Å². The van der Waals surface area contributed by atoms with E-state index < -0.39 is 0 Å². The van der Waals surface area contributed by atoms with E-state index in [9.17, 15) is 5.11 Å². The Bertz CT molecular complexity index is 446. The fraction of sp³-hybridized carbons (Fsp3) is 0.857. The van der Waals surface area contributed by atoms with Gasteiger partial charge in [-0.2, -0.15) is 4.98 Å². The third-order valence-electron chi connectivity index (χ3n) is 4.40. The third-order valence-corrected chi connectivity index (χ3v) is 4.40. The zero-order chi connectivity index (χ0) is 14.1. The molecule has 1 aromatic heterocycles. The Morgan fingerprint density at radius 3 is 2.90 bits per heavy atom. The highest BCUT2D eigenvalue weighted by Crippen LogP contribution is 2.33. The molecule has 1 aliphatic heterocycles. The van der Waals surface area contributed by atoms with Crippen LogP contribution in [0, 0.1) is 5.92 Å². The normalized spacial score (nSPS) is 27.4. The first-order valence-electron chi connectivity index (χ1n) is 7.53. The SMILES string of the molecule is CN1CCCN(C)C(c2noc(CC(O)C3CC3)n2)C1. The van der Waals surface area contributed by atoms with Crippen LogP contribution in [0.5, 0.6) is 0 Å². The molecule has 0 aromatic carbocycles. The maximum Gasteiger partial charge on any atom is 0.229 e. The van der Waals surface area contributed by atoms with Gasteiger partial charge in [0.05, 0.1) is 18.6 Å². The second kappa shape index (κ2) is 5.79. The van der Waals surface area contributed by atoms with E-state index in [0.29, 0.717) is 18.2 Å². The van der Waals surface area contributed by atoms with Crippen molar-refractivity contribution in [2.24, 2.45) is 5.92 Å². The predicted octanol–water partition coefficient (Wildman–Crippen LogP) is 0.691. The zero-order valence-corrected chi connectivity index (χ0v) is 12.3. The number of aliphatic hydroxyl groups is 1. The zero-order valence-electron chi connectivity index (χ0n) is 12.3. The Morgan fingerprint density at radius 1 is 1.35 bits per heavy atom. The maximum atomic E-state index is 9.95. The summed E-state index contributed by atoms with van der Waals surface area (Å²) in [6.07, 6.45) is 3.58. The molecule has 1 aliphatic carbocycles. The minimum atomic E-state index is -0.321. The molecule has 1 saturated carbocycles. The van der Waals surface area contributed by atoms with Gasteiger partial charge in [-0.3, -0.25) is 4.90 Å². The number of aromatic nitrogens is 2. The Labute approximate surface area is 119 Å². The number of hydrogen-bond acceptors (Lipinski definition) is 6. The molecule has 1 aromatic rings. The minimum Gasteiger partial charge on any atom is -0.392 e. The van der Waals surface area contributed by atoms with Crippen molar-refractivity contribution in [1.82, 2.24) is 19.9 Å². The lowest BCUT2D eigenvalue weighted by atomic mass is 10.1. The lowest BCUT2D eigenvalue weighted by molar-refractivity contribution is 0.140. The average Bonchev–Trinajstić information content (AvgIpc) is 3.18. The molecule has 2 heterocycles. The minimum absolute atomic E-state index is 0.179. The number of hydrogen-bond donors (Lipinski definition) is 1. The summed E-state index contributed by atoms with van der Waals surface area (Å²) in [5.74, 6) is 1.76. The van der Waals surface area contributed by atoms with E-state index in [0.717, 1.165) is 44.7 Å². The second-order valence-corrected chi connectivity index (χ2v) is 6.27. The van der Waals surface area contributed by atoms with Crippen LogP contribution in [0.15, 0.2) is 4.52 Å². The lowest BCUT2D eigenvalue weighted by Gasteiger charge is -2.24. The van der Waals surface area contributed by atoms with E-state index in [1.807, 2.05) is 0 Å². The van der Waals surface area contributed by atoms with Crippen LogP contribution in [-0.2, 0) is 6.42 Å². The van der Waals surface area contributed by atoms with E-state index in [1.165, 1.54) is 0 Å². The van der Waals surface area contributed by atoms with Gasteiger partial charge in [0, 0.05) is 6.54 Å². The summed E-state index contributed by atoms with van der Waals surface area (Å²) in [5.41, 5.74) is 0. The second-order valence-electron chi connectivity index (χ2n) is 6.27. The standard InChI is InChI=1S/C14H24N4O2/c1-17-6-3-7-18(2)11(9-17)14-15-13(20-16-14)8-12(19)10-4-5-10/h10-12,19H,3-9H2,1-2H3. The molecule has 20 heavy (non-hydrogen) atoms. The van der Waals surface area contributed by atoms with Crippen molar-refractivity contribution in [3.05, 3.63) is 11.7 Å². The van der Waals surface area contributed by atoms with Crippen LogP contribution in [0.25, 0.3) is 0 Å². The van der Waals surface area contributed by atoms with Crippen molar-refractivity contribution in [2.75, 3.05) is 33.7 Å². The highest BCUT2D eigenvalue weighted by Gasteiger charge is 2.32. The van der Waals surface area contributed by atoms with Crippen molar-refractivity contribution >= 4 is 0 Å². The van der Waals surface area contributed by atoms with Crippen molar-refractivity contribution < 1.29 is 9.63 Å². The van der Waals surface area contributed by atoms with Crippen LogP contribution in [0.1, 0.15) is 37.0 Å². The van der Waals surface area contributed by atoms with E-state index in [4.69, 9.17) is 4.52 Å². The quantitative estimate of drug-likeness (QED) is 0.875. The van der Waals surface area contributed by atoms with Crippen LogP contribution in [0.4, 0.5) is 0 Å². The fourth-order valence-electron chi connectivity index (χ4n) is 2.86. The molecule has 3 rings (SSSR count).